The number of carbonyl (C=O) groups is 9. The normalized spacial score (nSPS) is 32.7. The SMILES string of the molecule is CC(=O)OCC1O[C@@H](O[C@@H]2C(OC(C)=O)[C@H](O[C@@H]3C(OC(=O)c4ccccc4)[C@H](O[C@@H]4C(=O)[C@@H](OCc5ccccc5)OC5COC(c6ccccc6)O[C@H]54)OC4COC(c5ccccc5)O[C@H]43)OC(COC(C)=O)[C@H]2OC(C)=O)C(OC(C)=O)[C@@H](OC(C)=O)[C@@H]1OC(C)=O. The fourth-order valence-corrected chi connectivity index (χ4v) is 11.6. The summed E-state index contributed by atoms with van der Waals surface area (Å²) in [7, 11) is 0. The second kappa shape index (κ2) is 32.0. The van der Waals surface area contributed by atoms with E-state index < -0.39 is 196 Å². The van der Waals surface area contributed by atoms with Crippen molar-refractivity contribution in [1.82, 2.24) is 0 Å². The first-order valence-electron chi connectivity index (χ1n) is 30.5. The van der Waals surface area contributed by atoms with Crippen LogP contribution in [0.15, 0.2) is 121 Å². The van der Waals surface area contributed by atoms with Crippen molar-refractivity contribution < 1.29 is 138 Å². The van der Waals surface area contributed by atoms with Crippen LogP contribution in [0.1, 0.15) is 88.1 Å². The van der Waals surface area contributed by atoms with Crippen LogP contribution in [-0.4, -0.2) is 197 Å². The van der Waals surface area contributed by atoms with E-state index in [9.17, 15) is 38.4 Å². The molecule has 4 aromatic rings. The lowest BCUT2D eigenvalue weighted by molar-refractivity contribution is -0.406. The van der Waals surface area contributed by atoms with Gasteiger partial charge in [-0.3, -0.25) is 38.4 Å². The number of hydrogen-bond acceptors (Lipinski definition) is 29. The lowest BCUT2D eigenvalue weighted by Crippen LogP contribution is -2.70. The molecule has 6 heterocycles. The molecule has 0 N–H and O–H groups in total. The molecule has 9 unspecified atom stereocenters. The molecular formula is C66H72O29. The van der Waals surface area contributed by atoms with Crippen LogP contribution in [-0.2, 0) is 140 Å². The Balaban J connectivity index is 1.10. The van der Waals surface area contributed by atoms with Crippen molar-refractivity contribution in [2.75, 3.05) is 26.4 Å². The van der Waals surface area contributed by atoms with E-state index in [4.69, 9.17) is 94.7 Å². The first kappa shape index (κ1) is 69.7. The van der Waals surface area contributed by atoms with Crippen LogP contribution in [0.4, 0.5) is 0 Å². The van der Waals surface area contributed by atoms with Gasteiger partial charge >= 0.3 is 47.8 Å². The van der Waals surface area contributed by atoms with E-state index in [0.29, 0.717) is 16.7 Å². The average Bonchev–Trinajstić information content (AvgIpc) is 0.755. The summed E-state index contributed by atoms with van der Waals surface area (Å²) in [6, 6.07) is 34.2. The smallest absolute Gasteiger partial charge is 0.338 e. The molecule has 0 aromatic heterocycles. The highest BCUT2D eigenvalue weighted by Crippen LogP contribution is 2.43. The highest BCUT2D eigenvalue weighted by atomic mass is 16.8. The molecule has 0 bridgehead atoms. The zero-order valence-electron chi connectivity index (χ0n) is 52.5. The number of benzene rings is 4. The monoisotopic (exact) mass is 1330 g/mol. The fraction of sp³-hybridized carbons (Fsp3) is 0.500. The van der Waals surface area contributed by atoms with Gasteiger partial charge in [0.1, 0.15) is 62.0 Å². The standard InChI is InChI=1S/C66H72O29/c1-33(67)76-29-44-50(81-35(3)69)54(83-37(5)71)57(84-38(6)72)64(87-44)94-55-51(82-36(4)70)45(30-77-34(2)68)88-65(58(55)85-39(7)73)95-56-52-47(32-80-62(92-52)43-26-18-11-19-27-43)89-66(59(56)90-60(75)41-22-14-9-15-23-41)93-53-48(74)63(78-28-40-20-12-8-13-21-40)86-46-31-79-61(91-49(46)53)42-24-16-10-17-25-42/h8-27,44-47,49-59,61-66H,28-32H2,1-7H3/t44?,45?,46?,47?,49-,50-,51-,52-,53-,54+,55+,56+,57?,58?,59?,61?,62?,63+,64+,65+,66+/m1/s1. The van der Waals surface area contributed by atoms with Gasteiger partial charge in [0.2, 0.25) is 12.1 Å². The number of carbonyl (C=O) groups excluding carboxylic acids is 9. The van der Waals surface area contributed by atoms with Gasteiger partial charge in [-0.05, 0) is 17.7 Å². The zero-order valence-corrected chi connectivity index (χ0v) is 52.5. The molecule has 10 rings (SSSR count). The average molecular weight is 1330 g/mol. The van der Waals surface area contributed by atoms with Crippen LogP contribution in [0.3, 0.4) is 0 Å². The first-order chi connectivity index (χ1) is 45.7. The predicted octanol–water partition coefficient (Wildman–Crippen LogP) is 4.07. The maximum atomic E-state index is 15.3. The van der Waals surface area contributed by atoms with Crippen LogP contribution in [0.25, 0.3) is 0 Å². The molecule has 0 saturated carbocycles. The number of hydrogen-bond donors (Lipinski definition) is 0. The molecule has 6 fully saturated rings. The molecule has 6 aliphatic rings. The molecule has 21 atom stereocenters. The van der Waals surface area contributed by atoms with Crippen LogP contribution in [0.2, 0.25) is 0 Å². The Morgan fingerprint density at radius 1 is 0.400 bits per heavy atom. The van der Waals surface area contributed by atoms with Gasteiger partial charge < -0.3 is 94.7 Å². The van der Waals surface area contributed by atoms with Crippen LogP contribution >= 0.6 is 0 Å². The van der Waals surface area contributed by atoms with Gasteiger partial charge in [-0.2, -0.15) is 0 Å². The lowest BCUT2D eigenvalue weighted by Gasteiger charge is -2.52. The highest BCUT2D eigenvalue weighted by Gasteiger charge is 2.62. The van der Waals surface area contributed by atoms with E-state index >= 15 is 4.79 Å². The maximum absolute atomic E-state index is 15.3. The van der Waals surface area contributed by atoms with E-state index in [0.717, 1.165) is 48.5 Å². The van der Waals surface area contributed by atoms with Gasteiger partial charge in [-0.1, -0.05) is 109 Å². The van der Waals surface area contributed by atoms with Gasteiger partial charge in [0.25, 0.3) is 0 Å². The van der Waals surface area contributed by atoms with Crippen molar-refractivity contribution >= 4 is 53.5 Å². The Labute approximate surface area is 544 Å². The first-order valence-corrected chi connectivity index (χ1v) is 30.5. The summed E-state index contributed by atoms with van der Waals surface area (Å²) in [6.45, 7) is 5.11. The van der Waals surface area contributed by atoms with Gasteiger partial charge in [-0.15, -0.1) is 0 Å². The number of fused-ring (bicyclic) bond motifs is 2. The van der Waals surface area contributed by atoms with Gasteiger partial charge in [-0.25, -0.2) is 4.79 Å². The minimum Gasteiger partial charge on any atom is -0.463 e. The quantitative estimate of drug-likeness (QED) is 0.0790. The van der Waals surface area contributed by atoms with E-state index in [1.807, 2.05) is 6.07 Å². The van der Waals surface area contributed by atoms with Crippen molar-refractivity contribution in [1.29, 1.82) is 0 Å². The van der Waals surface area contributed by atoms with E-state index in [1.54, 1.807) is 103 Å². The Hall–Kier alpha value is -8.17. The summed E-state index contributed by atoms with van der Waals surface area (Å²) in [4.78, 5) is 121. The third-order valence-corrected chi connectivity index (χ3v) is 15.6. The molecule has 29 heteroatoms. The third-order valence-electron chi connectivity index (χ3n) is 15.6. The largest absolute Gasteiger partial charge is 0.463 e. The fourth-order valence-electron chi connectivity index (χ4n) is 11.6. The molecule has 95 heavy (non-hydrogen) atoms. The minimum atomic E-state index is -2.10. The van der Waals surface area contributed by atoms with Gasteiger partial charge in [0.05, 0.1) is 25.4 Å². The maximum Gasteiger partial charge on any atom is 0.338 e. The third kappa shape index (κ3) is 17.7. The summed E-state index contributed by atoms with van der Waals surface area (Å²) in [5, 5.41) is 0. The summed E-state index contributed by atoms with van der Waals surface area (Å²) >= 11 is 0. The number of esters is 8. The zero-order chi connectivity index (χ0) is 67.4. The second-order valence-corrected chi connectivity index (χ2v) is 22.7. The van der Waals surface area contributed by atoms with Crippen LogP contribution in [0, 0.1) is 0 Å². The molecule has 6 saturated heterocycles. The lowest BCUT2D eigenvalue weighted by atomic mass is 9.94. The topological polar surface area (TPSA) is 338 Å². The number of ether oxygens (including phenoxy) is 20. The van der Waals surface area contributed by atoms with Gasteiger partial charge in [0.15, 0.2) is 74.2 Å². The van der Waals surface area contributed by atoms with Crippen LogP contribution in [0.5, 0.6) is 0 Å². The van der Waals surface area contributed by atoms with Crippen LogP contribution < -0.4 is 0 Å². The van der Waals surface area contributed by atoms with Crippen molar-refractivity contribution in [3.8, 4) is 0 Å². The Kier molecular flexibility index (Phi) is 23.5. The minimum absolute atomic E-state index is 0.00731. The van der Waals surface area contributed by atoms with E-state index in [1.165, 1.54) is 12.1 Å². The summed E-state index contributed by atoms with van der Waals surface area (Å²) in [5.41, 5.74) is 1.79. The Morgan fingerprint density at radius 2 is 0.811 bits per heavy atom. The Morgan fingerprint density at radius 3 is 1.32 bits per heavy atom. The molecule has 0 radical (unpaired) electrons. The molecule has 29 nitrogen and oxygen atoms in total. The highest BCUT2D eigenvalue weighted by molar-refractivity contribution is 5.89. The summed E-state index contributed by atoms with van der Waals surface area (Å²) < 4.78 is 125. The molecule has 4 aromatic carbocycles. The second-order valence-electron chi connectivity index (χ2n) is 22.7. The van der Waals surface area contributed by atoms with Crippen molar-refractivity contribution in [2.24, 2.45) is 0 Å². The molecule has 0 spiro atoms. The summed E-state index contributed by atoms with van der Waals surface area (Å²) in [6.07, 6.45) is -35.0. The summed E-state index contributed by atoms with van der Waals surface area (Å²) in [5.74, 6) is -8.52. The molecule has 0 amide bonds. The van der Waals surface area contributed by atoms with Crippen molar-refractivity contribution in [3.05, 3.63) is 144 Å². The Bertz CT molecular complexity index is 3300. The molecule has 6 aliphatic heterocycles. The molecule has 0 aliphatic carbocycles. The predicted molar refractivity (Wildman–Crippen MR) is 312 cm³/mol. The van der Waals surface area contributed by atoms with Crippen molar-refractivity contribution in [2.45, 2.75) is 184 Å². The van der Waals surface area contributed by atoms with E-state index in [-0.39, 0.29) is 25.4 Å². The molecular weight excluding hydrogens is 1260 g/mol. The van der Waals surface area contributed by atoms with Crippen molar-refractivity contribution in [3.63, 3.8) is 0 Å². The van der Waals surface area contributed by atoms with Gasteiger partial charge in [0, 0.05) is 59.6 Å². The van der Waals surface area contributed by atoms with E-state index in [2.05, 4.69) is 0 Å². The number of Topliss-reactive ketones (excluding diaryl/α,β-unsaturated/α-hetero) is 1. The number of rotatable bonds is 22. The molecule has 510 valence electrons. The number of ketones is 1.